The second kappa shape index (κ2) is 10.6. The van der Waals surface area contributed by atoms with Gasteiger partial charge in [0.2, 0.25) is 5.88 Å². The van der Waals surface area contributed by atoms with Gasteiger partial charge in [0.25, 0.3) is 5.91 Å². The average molecular weight is 451 g/mol. The van der Waals surface area contributed by atoms with E-state index in [-0.39, 0.29) is 23.7 Å². The third-order valence-corrected chi connectivity index (χ3v) is 6.46. The van der Waals surface area contributed by atoms with Crippen molar-refractivity contribution >= 4 is 17.7 Å². The van der Waals surface area contributed by atoms with Gasteiger partial charge >= 0.3 is 5.97 Å². The number of nitrogens with one attached hydrogen (secondary N) is 1. The van der Waals surface area contributed by atoms with E-state index < -0.39 is 5.97 Å². The molecule has 0 saturated heterocycles. The minimum absolute atomic E-state index is 0.0287. The predicted molar refractivity (Wildman–Crippen MR) is 123 cm³/mol. The molecule has 0 aliphatic heterocycles. The van der Waals surface area contributed by atoms with Crippen LogP contribution in [0, 0.1) is 5.92 Å². The van der Waals surface area contributed by atoms with Gasteiger partial charge in [-0.2, -0.15) is 0 Å². The maximum atomic E-state index is 12.4. The van der Waals surface area contributed by atoms with Gasteiger partial charge in [0, 0.05) is 36.4 Å². The first-order valence-electron chi connectivity index (χ1n) is 11.8. The molecule has 2 aliphatic rings. The first kappa shape index (κ1) is 23.0. The molecule has 2 fully saturated rings. The Morgan fingerprint density at radius 1 is 0.939 bits per heavy atom. The maximum absolute atomic E-state index is 12.4. The molecule has 0 atom stereocenters. The monoisotopic (exact) mass is 450 g/mol. The number of ketones is 1. The molecular formula is C26H30N2O5. The number of amides is 1. The van der Waals surface area contributed by atoms with Crippen molar-refractivity contribution in [1.82, 2.24) is 10.3 Å². The number of carbonyl (C=O) groups is 3. The molecule has 2 aromatic rings. The topological polar surface area (TPSA) is 106 Å². The van der Waals surface area contributed by atoms with Gasteiger partial charge in [0.15, 0.2) is 5.78 Å². The Bertz CT molecular complexity index is 975. The lowest BCUT2D eigenvalue weighted by Gasteiger charge is -2.26. The number of rotatable bonds is 10. The van der Waals surface area contributed by atoms with E-state index in [0.29, 0.717) is 68.0 Å². The van der Waals surface area contributed by atoms with Gasteiger partial charge in [0.05, 0.1) is 5.92 Å². The second-order valence-electron chi connectivity index (χ2n) is 8.99. The van der Waals surface area contributed by atoms with Crippen LogP contribution in [0.2, 0.25) is 0 Å². The van der Waals surface area contributed by atoms with Crippen molar-refractivity contribution in [3.63, 3.8) is 0 Å². The highest BCUT2D eigenvalue weighted by Gasteiger charge is 2.27. The van der Waals surface area contributed by atoms with E-state index in [4.69, 9.17) is 9.84 Å². The fourth-order valence-electron chi connectivity index (χ4n) is 4.23. The van der Waals surface area contributed by atoms with Crippen LogP contribution in [0.25, 0.3) is 0 Å². The van der Waals surface area contributed by atoms with Crippen LogP contribution in [-0.2, 0) is 4.79 Å². The third-order valence-electron chi connectivity index (χ3n) is 6.46. The maximum Gasteiger partial charge on any atom is 0.306 e. The molecular weight excluding hydrogens is 420 g/mol. The number of aliphatic carboxylic acids is 1. The molecule has 0 bridgehead atoms. The smallest absolute Gasteiger partial charge is 0.306 e. The summed E-state index contributed by atoms with van der Waals surface area (Å²) in [6.07, 6.45) is 7.42. The van der Waals surface area contributed by atoms with Gasteiger partial charge in [-0.1, -0.05) is 12.1 Å². The molecule has 2 aliphatic carbocycles. The van der Waals surface area contributed by atoms with E-state index in [0.717, 1.165) is 0 Å². The number of carboxylic acid groups (broad SMARTS) is 1. The van der Waals surface area contributed by atoms with Gasteiger partial charge in [-0.15, -0.1) is 0 Å². The first-order valence-corrected chi connectivity index (χ1v) is 11.8. The molecule has 7 nitrogen and oxygen atoms in total. The van der Waals surface area contributed by atoms with E-state index in [1.807, 2.05) is 24.3 Å². The van der Waals surface area contributed by atoms with E-state index >= 15 is 0 Å². The average Bonchev–Trinajstić information content (AvgIpc) is 3.68. The minimum atomic E-state index is -0.739. The van der Waals surface area contributed by atoms with Crippen molar-refractivity contribution < 1.29 is 24.2 Å². The Labute approximate surface area is 193 Å². The van der Waals surface area contributed by atoms with Gasteiger partial charge in [-0.3, -0.25) is 14.4 Å². The molecule has 174 valence electrons. The lowest BCUT2D eigenvalue weighted by molar-refractivity contribution is -0.143. The Kier molecular flexibility index (Phi) is 7.37. The second-order valence-corrected chi connectivity index (χ2v) is 8.99. The van der Waals surface area contributed by atoms with Crippen molar-refractivity contribution in [2.24, 2.45) is 5.92 Å². The summed E-state index contributed by atoms with van der Waals surface area (Å²) in [4.78, 5) is 40.0. The van der Waals surface area contributed by atoms with Crippen LogP contribution in [-0.4, -0.2) is 40.4 Å². The number of hydrogen-bond donors (Lipinski definition) is 2. The van der Waals surface area contributed by atoms with Gasteiger partial charge in [0.1, 0.15) is 6.10 Å². The highest BCUT2D eigenvalue weighted by molar-refractivity contribution is 5.96. The van der Waals surface area contributed by atoms with Crippen molar-refractivity contribution in [3.05, 3.63) is 59.3 Å². The first-order chi connectivity index (χ1) is 16.0. The van der Waals surface area contributed by atoms with Crippen LogP contribution < -0.4 is 10.1 Å². The van der Waals surface area contributed by atoms with Crippen molar-refractivity contribution in [1.29, 1.82) is 0 Å². The fraction of sp³-hybridized carbons (Fsp3) is 0.462. The Balaban J connectivity index is 1.16. The summed E-state index contributed by atoms with van der Waals surface area (Å²) in [5, 5.41) is 11.9. The largest absolute Gasteiger partial charge is 0.481 e. The van der Waals surface area contributed by atoms with E-state index in [1.165, 1.54) is 24.6 Å². The number of nitrogens with zero attached hydrogens (tertiary/aromatic N) is 1. The van der Waals surface area contributed by atoms with E-state index in [9.17, 15) is 14.4 Å². The number of ether oxygens (including phenoxy) is 1. The summed E-state index contributed by atoms with van der Waals surface area (Å²) in [5.74, 6) is -0.0521. The van der Waals surface area contributed by atoms with E-state index in [2.05, 4.69) is 10.3 Å². The van der Waals surface area contributed by atoms with Crippen molar-refractivity contribution in [2.45, 2.75) is 63.4 Å². The number of hydrogen-bond acceptors (Lipinski definition) is 5. The van der Waals surface area contributed by atoms with Crippen LogP contribution in [0.5, 0.6) is 5.88 Å². The highest BCUT2D eigenvalue weighted by Crippen LogP contribution is 2.39. The number of carboxylic acids is 1. The molecule has 1 aromatic heterocycles. The summed E-state index contributed by atoms with van der Waals surface area (Å²) in [6.45, 7) is 0.433. The third kappa shape index (κ3) is 6.40. The minimum Gasteiger partial charge on any atom is -0.481 e. The molecule has 33 heavy (non-hydrogen) atoms. The molecule has 0 radical (unpaired) electrons. The SMILES string of the molecule is O=C(CCCNC(=O)c1ccc(C2CC2)cc1)c1ccc(OC2CCC(C(=O)O)CC2)nc1. The normalized spacial score (nSPS) is 20.1. The molecule has 1 aromatic carbocycles. The lowest BCUT2D eigenvalue weighted by Crippen LogP contribution is -2.28. The van der Waals surface area contributed by atoms with Crippen LogP contribution in [0.1, 0.15) is 83.6 Å². The molecule has 7 heteroatoms. The number of Topliss-reactive ketones (excluding diaryl/α,β-unsaturated/α-hetero) is 1. The van der Waals surface area contributed by atoms with E-state index in [1.54, 1.807) is 12.1 Å². The zero-order valence-electron chi connectivity index (χ0n) is 18.7. The molecule has 2 N–H and O–H groups in total. The van der Waals surface area contributed by atoms with Crippen LogP contribution in [0.4, 0.5) is 0 Å². The standard InChI is InChI=1S/C26H30N2O5/c29-23(2-1-15-27-25(30)19-7-5-18(6-8-19)17-3-4-17)21-11-14-24(28-16-21)33-22-12-9-20(10-13-22)26(31)32/h5-8,11,14,16-17,20,22H,1-4,9-10,12-13,15H2,(H,27,30)(H,31,32). The molecule has 1 heterocycles. The molecule has 4 rings (SSSR count). The summed E-state index contributed by atoms with van der Waals surface area (Å²) in [6, 6.07) is 11.2. The van der Waals surface area contributed by atoms with Crippen LogP contribution in [0.3, 0.4) is 0 Å². The molecule has 0 spiro atoms. The zero-order valence-corrected chi connectivity index (χ0v) is 18.7. The summed E-state index contributed by atoms with van der Waals surface area (Å²) < 4.78 is 5.85. The summed E-state index contributed by atoms with van der Waals surface area (Å²) in [7, 11) is 0. The fourth-order valence-corrected chi connectivity index (χ4v) is 4.23. The van der Waals surface area contributed by atoms with Gasteiger partial charge < -0.3 is 15.2 Å². The lowest BCUT2D eigenvalue weighted by atomic mass is 9.87. The van der Waals surface area contributed by atoms with Gasteiger partial charge in [-0.25, -0.2) is 4.98 Å². The van der Waals surface area contributed by atoms with Crippen molar-refractivity contribution in [2.75, 3.05) is 6.54 Å². The molecule has 1 amide bonds. The van der Waals surface area contributed by atoms with Crippen LogP contribution in [0.15, 0.2) is 42.6 Å². The Hall–Kier alpha value is -3.22. The number of benzene rings is 1. The number of aromatic nitrogens is 1. The Morgan fingerprint density at radius 2 is 1.64 bits per heavy atom. The molecule has 0 unspecified atom stereocenters. The van der Waals surface area contributed by atoms with Gasteiger partial charge in [-0.05, 0) is 74.6 Å². The van der Waals surface area contributed by atoms with Crippen LogP contribution >= 0.6 is 0 Å². The predicted octanol–water partition coefficient (Wildman–Crippen LogP) is 4.37. The number of carbonyl (C=O) groups excluding carboxylic acids is 2. The quantitative estimate of drug-likeness (QED) is 0.411. The summed E-state index contributed by atoms with van der Waals surface area (Å²) in [5.41, 5.74) is 2.45. The molecule has 2 saturated carbocycles. The number of pyridine rings is 1. The zero-order chi connectivity index (χ0) is 23.2. The highest BCUT2D eigenvalue weighted by atomic mass is 16.5. The summed E-state index contributed by atoms with van der Waals surface area (Å²) >= 11 is 0. The Morgan fingerprint density at radius 3 is 2.24 bits per heavy atom. The van der Waals surface area contributed by atoms with Crippen molar-refractivity contribution in [3.8, 4) is 5.88 Å².